The molecule has 2 fully saturated rings. The van der Waals surface area contributed by atoms with Crippen molar-refractivity contribution in [1.29, 1.82) is 0 Å². The number of carbonyl (C=O) groups excluding carboxylic acids is 2. The van der Waals surface area contributed by atoms with Crippen molar-refractivity contribution in [1.82, 2.24) is 10.2 Å². The van der Waals surface area contributed by atoms with E-state index in [2.05, 4.69) is 5.32 Å². The van der Waals surface area contributed by atoms with Crippen LogP contribution in [0.5, 0.6) is 5.75 Å². The molecule has 1 saturated carbocycles. The Bertz CT molecular complexity index is 608. The van der Waals surface area contributed by atoms with Crippen LogP contribution in [-0.4, -0.2) is 44.0 Å². The Balaban J connectivity index is 1.83. The number of hydrogen-bond donors (Lipinski definition) is 1. The summed E-state index contributed by atoms with van der Waals surface area (Å²) in [7, 11) is 3.27. The van der Waals surface area contributed by atoms with Gasteiger partial charge in [0.15, 0.2) is 0 Å². The predicted octanol–water partition coefficient (Wildman–Crippen LogP) is 2.07. The number of nitrogens with zero attached hydrogens (tertiary/aromatic N) is 1. The monoisotopic (exact) mass is 316 g/mol. The zero-order chi connectivity index (χ0) is 16.4. The van der Waals surface area contributed by atoms with Gasteiger partial charge in [-0.05, 0) is 31.0 Å². The fourth-order valence-corrected chi connectivity index (χ4v) is 4.18. The van der Waals surface area contributed by atoms with Gasteiger partial charge in [0.2, 0.25) is 5.91 Å². The molecule has 1 spiro atoms. The Kier molecular flexibility index (Phi) is 4.28. The van der Waals surface area contributed by atoms with Crippen LogP contribution in [0.15, 0.2) is 24.3 Å². The topological polar surface area (TPSA) is 58.6 Å². The molecule has 2 amide bonds. The molecule has 1 aromatic rings. The molecule has 5 nitrogen and oxygen atoms in total. The molecule has 1 N–H and O–H groups in total. The highest BCUT2D eigenvalue weighted by molar-refractivity contribution is 5.95. The highest BCUT2D eigenvalue weighted by Gasteiger charge is 2.52. The molecule has 1 aromatic carbocycles. The van der Waals surface area contributed by atoms with Gasteiger partial charge in [-0.2, -0.15) is 0 Å². The van der Waals surface area contributed by atoms with Crippen LogP contribution in [-0.2, 0) is 4.79 Å². The predicted molar refractivity (Wildman–Crippen MR) is 87.4 cm³/mol. The molecule has 5 heteroatoms. The van der Waals surface area contributed by atoms with Gasteiger partial charge in [-0.3, -0.25) is 9.59 Å². The molecule has 1 atom stereocenters. The second-order valence-electron chi connectivity index (χ2n) is 6.65. The van der Waals surface area contributed by atoms with Crippen LogP contribution in [0.3, 0.4) is 0 Å². The summed E-state index contributed by atoms with van der Waals surface area (Å²) >= 11 is 0. The molecule has 1 heterocycles. The van der Waals surface area contributed by atoms with Crippen LogP contribution in [0.1, 0.15) is 36.0 Å². The maximum absolute atomic E-state index is 12.9. The van der Waals surface area contributed by atoms with Crippen molar-refractivity contribution in [2.45, 2.75) is 25.7 Å². The van der Waals surface area contributed by atoms with Crippen LogP contribution < -0.4 is 10.1 Å². The van der Waals surface area contributed by atoms with Crippen molar-refractivity contribution in [2.24, 2.45) is 11.3 Å². The second-order valence-corrected chi connectivity index (χ2v) is 6.65. The van der Waals surface area contributed by atoms with Crippen molar-refractivity contribution in [3.8, 4) is 5.75 Å². The minimum Gasteiger partial charge on any atom is -0.497 e. The van der Waals surface area contributed by atoms with E-state index >= 15 is 0 Å². The first-order valence-corrected chi connectivity index (χ1v) is 8.24. The van der Waals surface area contributed by atoms with Gasteiger partial charge in [0, 0.05) is 31.1 Å². The van der Waals surface area contributed by atoms with Gasteiger partial charge in [-0.1, -0.05) is 18.9 Å². The second kappa shape index (κ2) is 6.22. The molecule has 3 rings (SSSR count). The van der Waals surface area contributed by atoms with Gasteiger partial charge < -0.3 is 15.0 Å². The number of hydrogen-bond acceptors (Lipinski definition) is 3. The van der Waals surface area contributed by atoms with Crippen LogP contribution in [0.25, 0.3) is 0 Å². The van der Waals surface area contributed by atoms with E-state index in [4.69, 9.17) is 4.74 Å². The van der Waals surface area contributed by atoms with E-state index in [0.29, 0.717) is 24.4 Å². The van der Waals surface area contributed by atoms with Crippen LogP contribution in [0, 0.1) is 11.3 Å². The molecular formula is C18H24N2O3. The average molecular weight is 316 g/mol. The summed E-state index contributed by atoms with van der Waals surface area (Å²) in [4.78, 5) is 27.0. The van der Waals surface area contributed by atoms with Crippen molar-refractivity contribution < 1.29 is 14.3 Å². The third kappa shape index (κ3) is 2.80. The Labute approximate surface area is 137 Å². The third-order valence-corrected chi connectivity index (χ3v) is 5.41. The quantitative estimate of drug-likeness (QED) is 0.929. The SMILES string of the molecule is CNC(=O)[C@@H]1CN(C(=O)c2cccc(OC)c2)CC12CCCC2. The van der Waals surface area contributed by atoms with Crippen molar-refractivity contribution in [2.75, 3.05) is 27.2 Å². The Hall–Kier alpha value is -2.04. The molecular weight excluding hydrogens is 292 g/mol. The molecule has 1 aliphatic heterocycles. The Morgan fingerprint density at radius 3 is 2.70 bits per heavy atom. The summed E-state index contributed by atoms with van der Waals surface area (Å²) in [5, 5.41) is 2.78. The lowest BCUT2D eigenvalue weighted by Crippen LogP contribution is -2.38. The summed E-state index contributed by atoms with van der Waals surface area (Å²) < 4.78 is 5.20. The number of ether oxygens (including phenoxy) is 1. The van der Waals surface area contributed by atoms with Crippen molar-refractivity contribution >= 4 is 11.8 Å². The van der Waals surface area contributed by atoms with Gasteiger partial charge in [0.25, 0.3) is 5.91 Å². The number of methoxy groups -OCH3 is 1. The fourth-order valence-electron chi connectivity index (χ4n) is 4.18. The summed E-state index contributed by atoms with van der Waals surface area (Å²) in [6.45, 7) is 1.19. The summed E-state index contributed by atoms with van der Waals surface area (Å²) in [6.07, 6.45) is 4.36. The average Bonchev–Trinajstić information content (AvgIpc) is 3.21. The molecule has 0 bridgehead atoms. The molecule has 1 saturated heterocycles. The van der Waals surface area contributed by atoms with Crippen LogP contribution >= 0.6 is 0 Å². The molecule has 2 aliphatic rings. The van der Waals surface area contributed by atoms with Crippen LogP contribution in [0.2, 0.25) is 0 Å². The van der Waals surface area contributed by atoms with E-state index < -0.39 is 0 Å². The van der Waals surface area contributed by atoms with Gasteiger partial charge >= 0.3 is 0 Å². The highest BCUT2D eigenvalue weighted by atomic mass is 16.5. The molecule has 1 aliphatic carbocycles. The normalized spacial score (nSPS) is 22.3. The largest absolute Gasteiger partial charge is 0.497 e. The van der Waals surface area contributed by atoms with E-state index in [9.17, 15) is 9.59 Å². The zero-order valence-corrected chi connectivity index (χ0v) is 13.8. The van der Waals surface area contributed by atoms with Gasteiger partial charge in [0.05, 0.1) is 13.0 Å². The molecule has 23 heavy (non-hydrogen) atoms. The Morgan fingerprint density at radius 1 is 1.30 bits per heavy atom. The molecule has 124 valence electrons. The number of rotatable bonds is 3. The van der Waals surface area contributed by atoms with E-state index in [1.807, 2.05) is 17.0 Å². The van der Waals surface area contributed by atoms with E-state index in [0.717, 1.165) is 25.7 Å². The van der Waals surface area contributed by atoms with E-state index in [-0.39, 0.29) is 23.1 Å². The number of benzene rings is 1. The highest BCUT2D eigenvalue weighted by Crippen LogP contribution is 2.49. The fraction of sp³-hybridized carbons (Fsp3) is 0.556. The number of likely N-dealkylation sites (tertiary alicyclic amines) is 1. The third-order valence-electron chi connectivity index (χ3n) is 5.41. The molecule has 0 aromatic heterocycles. The minimum atomic E-state index is -0.0930. The molecule has 0 unspecified atom stereocenters. The van der Waals surface area contributed by atoms with Crippen LogP contribution in [0.4, 0.5) is 0 Å². The number of amides is 2. The standard InChI is InChI=1S/C18H24N2O3/c1-19-16(21)15-11-20(12-18(15)8-3-4-9-18)17(22)13-6-5-7-14(10-13)23-2/h5-7,10,15H,3-4,8-9,11-12H2,1-2H3,(H,19,21)/t15-/m0/s1. The summed E-state index contributed by atoms with van der Waals surface area (Å²) in [5.41, 5.74) is 0.587. The summed E-state index contributed by atoms with van der Waals surface area (Å²) in [5.74, 6) is 0.632. The summed E-state index contributed by atoms with van der Waals surface area (Å²) in [6, 6.07) is 7.21. The first-order valence-electron chi connectivity index (χ1n) is 8.24. The van der Waals surface area contributed by atoms with Gasteiger partial charge in [-0.15, -0.1) is 0 Å². The lowest BCUT2D eigenvalue weighted by Gasteiger charge is -2.28. The van der Waals surface area contributed by atoms with E-state index in [1.165, 1.54) is 0 Å². The maximum atomic E-state index is 12.9. The molecule has 0 radical (unpaired) electrons. The van der Waals surface area contributed by atoms with Gasteiger partial charge in [0.1, 0.15) is 5.75 Å². The zero-order valence-electron chi connectivity index (χ0n) is 13.8. The lowest BCUT2D eigenvalue weighted by molar-refractivity contribution is -0.127. The smallest absolute Gasteiger partial charge is 0.254 e. The van der Waals surface area contributed by atoms with Crippen molar-refractivity contribution in [3.05, 3.63) is 29.8 Å². The lowest BCUT2D eigenvalue weighted by atomic mass is 9.76. The van der Waals surface area contributed by atoms with E-state index in [1.54, 1.807) is 26.3 Å². The minimum absolute atomic E-state index is 0.0124. The van der Waals surface area contributed by atoms with Crippen molar-refractivity contribution in [3.63, 3.8) is 0 Å². The van der Waals surface area contributed by atoms with Gasteiger partial charge in [-0.25, -0.2) is 0 Å². The Morgan fingerprint density at radius 2 is 2.04 bits per heavy atom. The number of carbonyl (C=O) groups is 2. The first kappa shape index (κ1) is 15.8. The first-order chi connectivity index (χ1) is 11.1. The number of nitrogens with one attached hydrogen (secondary N) is 1. The maximum Gasteiger partial charge on any atom is 0.254 e.